The van der Waals surface area contributed by atoms with Crippen molar-refractivity contribution >= 4 is 17.6 Å². The van der Waals surface area contributed by atoms with Crippen LogP contribution in [0.4, 0.5) is 5.69 Å². The van der Waals surface area contributed by atoms with Crippen molar-refractivity contribution in [2.75, 3.05) is 31.7 Å². The molecule has 7 heteroatoms. The highest BCUT2D eigenvalue weighted by molar-refractivity contribution is 5.95. The maximum Gasteiger partial charge on any atom is 0.227 e. The van der Waals surface area contributed by atoms with Crippen molar-refractivity contribution in [2.45, 2.75) is 39.8 Å². The molecular weight excluding hydrogens is 392 g/mol. The first kappa shape index (κ1) is 22.5. The Morgan fingerprint density at radius 3 is 2.48 bits per heavy atom. The Morgan fingerprint density at radius 2 is 1.84 bits per heavy atom. The lowest BCUT2D eigenvalue weighted by molar-refractivity contribution is -0.117. The Kier molecular flexibility index (Phi) is 8.15. The highest BCUT2D eigenvalue weighted by Crippen LogP contribution is 2.28. The Morgan fingerprint density at radius 1 is 1.06 bits per heavy atom. The summed E-state index contributed by atoms with van der Waals surface area (Å²) < 4.78 is 11.0. The van der Waals surface area contributed by atoms with E-state index < -0.39 is 0 Å². The van der Waals surface area contributed by atoms with E-state index in [0.717, 1.165) is 53.8 Å². The molecular formula is C24H32N4O3. The molecule has 2 N–H and O–H groups in total. The number of hydrogen-bond acceptors (Lipinski definition) is 4. The molecule has 0 spiro atoms. The lowest BCUT2D eigenvalue weighted by Gasteiger charge is -2.16. The molecule has 0 saturated carbocycles. The van der Waals surface area contributed by atoms with Crippen LogP contribution in [0.5, 0.6) is 11.5 Å². The van der Waals surface area contributed by atoms with E-state index in [1.807, 2.05) is 49.1 Å². The molecule has 0 unspecified atom stereocenters. The number of nitrogens with zero attached hydrogens (tertiary/aromatic N) is 2. The van der Waals surface area contributed by atoms with E-state index in [2.05, 4.69) is 22.8 Å². The number of rotatable bonds is 9. The van der Waals surface area contributed by atoms with Crippen LogP contribution >= 0.6 is 0 Å². The van der Waals surface area contributed by atoms with Gasteiger partial charge in [0.2, 0.25) is 5.91 Å². The molecule has 2 aromatic rings. The molecule has 1 aliphatic rings. The van der Waals surface area contributed by atoms with Crippen LogP contribution in [0.1, 0.15) is 37.8 Å². The zero-order valence-corrected chi connectivity index (χ0v) is 18.6. The summed E-state index contributed by atoms with van der Waals surface area (Å²) in [6.07, 6.45) is 1.58. The standard InChI is InChI=1S/C24H32N4O3/c1-4-25-24(27-17-19-10-13-21(30-3)22(15-19)31-5-2)26-16-18-8-11-20(12-9-18)28-14-6-7-23(28)29/h8-13,15H,4-7,14,16-17H2,1-3H3,(H2,25,26,27). The van der Waals surface area contributed by atoms with Crippen LogP contribution in [-0.4, -0.2) is 38.7 Å². The van der Waals surface area contributed by atoms with E-state index in [1.54, 1.807) is 7.11 Å². The number of aliphatic imine (C=N–C) groups is 1. The molecule has 166 valence electrons. The fourth-order valence-corrected chi connectivity index (χ4v) is 3.50. The Bertz CT molecular complexity index is 896. The summed E-state index contributed by atoms with van der Waals surface area (Å²) in [6.45, 7) is 7.32. The van der Waals surface area contributed by atoms with Gasteiger partial charge >= 0.3 is 0 Å². The van der Waals surface area contributed by atoms with Gasteiger partial charge in [0.15, 0.2) is 17.5 Å². The molecule has 1 saturated heterocycles. The van der Waals surface area contributed by atoms with E-state index >= 15 is 0 Å². The van der Waals surface area contributed by atoms with Crippen molar-refractivity contribution in [1.82, 2.24) is 10.6 Å². The van der Waals surface area contributed by atoms with Crippen LogP contribution in [0, 0.1) is 0 Å². The minimum Gasteiger partial charge on any atom is -0.493 e. The van der Waals surface area contributed by atoms with Gasteiger partial charge in [-0.2, -0.15) is 0 Å². The number of nitrogens with one attached hydrogen (secondary N) is 2. The largest absolute Gasteiger partial charge is 0.493 e. The van der Waals surface area contributed by atoms with Gasteiger partial charge in [-0.15, -0.1) is 0 Å². The third-order valence-electron chi connectivity index (χ3n) is 5.07. The molecule has 0 radical (unpaired) electrons. The van der Waals surface area contributed by atoms with Crippen LogP contribution in [0.3, 0.4) is 0 Å². The third-order valence-corrected chi connectivity index (χ3v) is 5.07. The zero-order valence-electron chi connectivity index (χ0n) is 18.6. The number of amides is 1. The normalized spacial score (nSPS) is 14.0. The van der Waals surface area contributed by atoms with Gasteiger partial charge in [-0.1, -0.05) is 18.2 Å². The van der Waals surface area contributed by atoms with Crippen LogP contribution in [0.25, 0.3) is 0 Å². The van der Waals surface area contributed by atoms with Crippen molar-refractivity contribution in [2.24, 2.45) is 4.99 Å². The monoisotopic (exact) mass is 424 g/mol. The van der Waals surface area contributed by atoms with E-state index in [9.17, 15) is 4.79 Å². The van der Waals surface area contributed by atoms with Crippen LogP contribution in [0.2, 0.25) is 0 Å². The van der Waals surface area contributed by atoms with E-state index in [4.69, 9.17) is 14.5 Å². The van der Waals surface area contributed by atoms with Gasteiger partial charge in [-0.3, -0.25) is 4.79 Å². The summed E-state index contributed by atoms with van der Waals surface area (Å²) in [5.74, 6) is 2.40. The number of ether oxygens (including phenoxy) is 2. The fraction of sp³-hybridized carbons (Fsp3) is 0.417. The second-order valence-corrected chi connectivity index (χ2v) is 7.28. The Labute approximate surface area is 184 Å². The first-order valence-electron chi connectivity index (χ1n) is 10.9. The van der Waals surface area contributed by atoms with Gasteiger partial charge < -0.3 is 25.0 Å². The molecule has 1 heterocycles. The van der Waals surface area contributed by atoms with E-state index in [-0.39, 0.29) is 5.91 Å². The van der Waals surface area contributed by atoms with Crippen molar-refractivity contribution in [3.8, 4) is 11.5 Å². The van der Waals surface area contributed by atoms with Crippen molar-refractivity contribution in [3.63, 3.8) is 0 Å². The molecule has 3 rings (SSSR count). The number of carbonyl (C=O) groups excluding carboxylic acids is 1. The molecule has 2 aromatic carbocycles. The molecule has 1 amide bonds. The second-order valence-electron chi connectivity index (χ2n) is 7.28. The SMILES string of the molecule is CCNC(=NCc1ccc(OC)c(OCC)c1)NCc1ccc(N2CCCC2=O)cc1. The summed E-state index contributed by atoms with van der Waals surface area (Å²) in [5, 5.41) is 6.65. The summed E-state index contributed by atoms with van der Waals surface area (Å²) >= 11 is 0. The Hall–Kier alpha value is -3.22. The topological polar surface area (TPSA) is 75.2 Å². The van der Waals surface area contributed by atoms with E-state index in [1.165, 1.54) is 0 Å². The molecule has 1 fully saturated rings. The third kappa shape index (κ3) is 6.13. The van der Waals surface area contributed by atoms with Crippen LogP contribution < -0.4 is 25.0 Å². The number of methoxy groups -OCH3 is 1. The summed E-state index contributed by atoms with van der Waals surface area (Å²) in [4.78, 5) is 18.4. The fourth-order valence-electron chi connectivity index (χ4n) is 3.50. The van der Waals surface area contributed by atoms with Gasteiger partial charge in [-0.25, -0.2) is 4.99 Å². The zero-order chi connectivity index (χ0) is 22.1. The van der Waals surface area contributed by atoms with Crippen molar-refractivity contribution in [3.05, 3.63) is 53.6 Å². The van der Waals surface area contributed by atoms with Gasteiger partial charge in [0, 0.05) is 31.7 Å². The number of guanidine groups is 1. The molecule has 0 aliphatic carbocycles. The van der Waals surface area contributed by atoms with Crippen molar-refractivity contribution in [1.29, 1.82) is 0 Å². The van der Waals surface area contributed by atoms with Gasteiger partial charge in [0.05, 0.1) is 20.3 Å². The number of anilines is 1. The smallest absolute Gasteiger partial charge is 0.227 e. The second kappa shape index (κ2) is 11.2. The molecule has 31 heavy (non-hydrogen) atoms. The summed E-state index contributed by atoms with van der Waals surface area (Å²) in [6, 6.07) is 14.0. The number of carbonyl (C=O) groups is 1. The van der Waals surface area contributed by atoms with Crippen LogP contribution in [0.15, 0.2) is 47.5 Å². The molecule has 0 bridgehead atoms. The number of hydrogen-bond donors (Lipinski definition) is 2. The molecule has 7 nitrogen and oxygen atoms in total. The minimum atomic E-state index is 0.207. The van der Waals surface area contributed by atoms with Crippen molar-refractivity contribution < 1.29 is 14.3 Å². The Balaban J connectivity index is 1.61. The average Bonchev–Trinajstić information content (AvgIpc) is 3.22. The van der Waals surface area contributed by atoms with Gasteiger partial charge in [0.25, 0.3) is 0 Å². The summed E-state index contributed by atoms with van der Waals surface area (Å²) in [7, 11) is 1.64. The molecule has 0 atom stereocenters. The van der Waals surface area contributed by atoms with Gasteiger partial charge in [0.1, 0.15) is 0 Å². The molecule has 0 aromatic heterocycles. The lowest BCUT2D eigenvalue weighted by atomic mass is 10.2. The summed E-state index contributed by atoms with van der Waals surface area (Å²) in [5.41, 5.74) is 3.14. The maximum atomic E-state index is 11.9. The average molecular weight is 425 g/mol. The predicted molar refractivity (Wildman–Crippen MR) is 124 cm³/mol. The predicted octanol–water partition coefficient (Wildman–Crippen LogP) is 3.48. The molecule has 1 aliphatic heterocycles. The van der Waals surface area contributed by atoms with Gasteiger partial charge in [-0.05, 0) is 55.7 Å². The first-order valence-corrected chi connectivity index (χ1v) is 10.9. The first-order chi connectivity index (χ1) is 15.1. The lowest BCUT2D eigenvalue weighted by Crippen LogP contribution is -2.36. The minimum absolute atomic E-state index is 0.207. The highest BCUT2D eigenvalue weighted by Gasteiger charge is 2.21. The quantitative estimate of drug-likeness (QED) is 0.476. The highest BCUT2D eigenvalue weighted by atomic mass is 16.5. The number of benzene rings is 2. The van der Waals surface area contributed by atoms with E-state index in [0.29, 0.717) is 26.1 Å². The van der Waals surface area contributed by atoms with Crippen LogP contribution in [-0.2, 0) is 17.9 Å². The maximum absolute atomic E-state index is 11.9.